The molecule has 2 N–H and O–H groups in total. The van der Waals surface area contributed by atoms with Crippen molar-refractivity contribution in [3.05, 3.63) is 107 Å². The molecule has 3 aromatic rings. The molecule has 1 nitrogen and oxygen atoms in total. The molecule has 0 heterocycles. The van der Waals surface area contributed by atoms with Crippen molar-refractivity contribution < 1.29 is 4.39 Å². The average Bonchev–Trinajstić information content (AvgIpc) is 2.66. The number of anilines is 1. The van der Waals surface area contributed by atoms with Crippen LogP contribution in [0.5, 0.6) is 0 Å². The number of para-hydroxylation sites is 1. The van der Waals surface area contributed by atoms with Crippen molar-refractivity contribution in [1.82, 2.24) is 0 Å². The van der Waals surface area contributed by atoms with Crippen LogP contribution in [0.3, 0.4) is 0 Å². The lowest BCUT2D eigenvalue weighted by Crippen LogP contribution is -2.31. The quantitative estimate of drug-likeness (QED) is 0.575. The normalized spacial score (nSPS) is 21.8. The summed E-state index contributed by atoms with van der Waals surface area (Å²) < 4.78 is 14.7. The summed E-state index contributed by atoms with van der Waals surface area (Å²) in [6.07, 6.45) is 2.20. The Morgan fingerprint density at radius 1 is 0.846 bits per heavy atom. The maximum Gasteiger partial charge on any atom is 0.127 e. The van der Waals surface area contributed by atoms with Gasteiger partial charge >= 0.3 is 0 Å². The highest BCUT2D eigenvalue weighted by Gasteiger charge is 2.39. The third kappa shape index (κ3) is 2.45. The van der Waals surface area contributed by atoms with Gasteiger partial charge in [0.1, 0.15) is 5.82 Å². The van der Waals surface area contributed by atoms with Crippen LogP contribution in [0.2, 0.25) is 0 Å². The summed E-state index contributed by atoms with van der Waals surface area (Å²) in [6, 6.07) is 23.3. The monoisotopic (exact) mass is 343 g/mol. The lowest BCUT2D eigenvalue weighted by Gasteiger charge is -2.40. The number of nitrogens with two attached hydrogens (primary N) is 1. The molecule has 0 bridgehead atoms. The van der Waals surface area contributed by atoms with E-state index in [9.17, 15) is 4.39 Å². The molecule has 2 heteroatoms. The van der Waals surface area contributed by atoms with Crippen LogP contribution in [0, 0.1) is 5.82 Å². The number of nitrogen functional groups attached to an aromatic ring is 1. The van der Waals surface area contributed by atoms with E-state index in [1.54, 1.807) is 6.07 Å². The summed E-state index contributed by atoms with van der Waals surface area (Å²) in [4.78, 5) is 0. The maximum atomic E-state index is 14.7. The topological polar surface area (TPSA) is 26.0 Å². The van der Waals surface area contributed by atoms with Gasteiger partial charge in [-0.05, 0) is 40.3 Å². The molecule has 0 radical (unpaired) electrons. The number of rotatable bonds is 2. The Balaban J connectivity index is 2.02. The van der Waals surface area contributed by atoms with Gasteiger partial charge in [-0.1, -0.05) is 80.6 Å². The second-order valence-corrected chi connectivity index (χ2v) is 7.22. The van der Waals surface area contributed by atoms with Crippen LogP contribution >= 0.6 is 0 Å². The van der Waals surface area contributed by atoms with Crippen molar-refractivity contribution in [3.8, 4) is 0 Å². The zero-order chi connectivity index (χ0) is 18.3. The van der Waals surface area contributed by atoms with E-state index in [1.807, 2.05) is 48.5 Å². The van der Waals surface area contributed by atoms with E-state index >= 15 is 0 Å². The highest BCUT2D eigenvalue weighted by atomic mass is 19.1. The van der Waals surface area contributed by atoms with E-state index in [4.69, 9.17) is 5.73 Å². The first-order chi connectivity index (χ1) is 12.5. The first-order valence-electron chi connectivity index (χ1n) is 8.94. The van der Waals surface area contributed by atoms with Crippen LogP contribution in [-0.4, -0.2) is 0 Å². The molecule has 0 aromatic heterocycles. The highest BCUT2D eigenvalue weighted by Crippen LogP contribution is 2.50. The molecule has 1 aliphatic rings. The van der Waals surface area contributed by atoms with Gasteiger partial charge in [-0.3, -0.25) is 0 Å². The average molecular weight is 343 g/mol. The molecule has 0 spiro atoms. The molecule has 1 aliphatic carbocycles. The van der Waals surface area contributed by atoms with Crippen molar-refractivity contribution in [2.75, 3.05) is 5.73 Å². The van der Waals surface area contributed by atoms with E-state index in [1.165, 1.54) is 17.2 Å². The molecule has 4 rings (SSSR count). The molecule has 0 fully saturated rings. The van der Waals surface area contributed by atoms with Crippen LogP contribution in [-0.2, 0) is 5.41 Å². The Morgan fingerprint density at radius 2 is 1.46 bits per heavy atom. The molecule has 0 aliphatic heterocycles. The number of halogens is 1. The van der Waals surface area contributed by atoms with Gasteiger partial charge < -0.3 is 5.73 Å². The van der Waals surface area contributed by atoms with Gasteiger partial charge in [-0.25, -0.2) is 4.39 Å². The fourth-order valence-electron chi connectivity index (χ4n) is 4.12. The Morgan fingerprint density at radius 3 is 2.19 bits per heavy atom. The summed E-state index contributed by atoms with van der Waals surface area (Å²) in [7, 11) is 0. The first kappa shape index (κ1) is 16.6. The fraction of sp³-hybridized carbons (Fsp3) is 0.167. The van der Waals surface area contributed by atoms with Gasteiger partial charge in [0.2, 0.25) is 0 Å². The summed E-state index contributed by atoms with van der Waals surface area (Å²) >= 11 is 0. The molecule has 0 saturated carbocycles. The molecule has 3 aromatic carbocycles. The smallest absolute Gasteiger partial charge is 0.127 e. The zero-order valence-electron chi connectivity index (χ0n) is 15.0. The van der Waals surface area contributed by atoms with Crippen molar-refractivity contribution >= 4 is 11.3 Å². The molecule has 26 heavy (non-hydrogen) atoms. The Bertz CT molecular complexity index is 1000. The molecule has 2 atom stereocenters. The lowest BCUT2D eigenvalue weighted by molar-refractivity contribution is 0.456. The molecular formula is C24H22FN. The van der Waals surface area contributed by atoms with Gasteiger partial charge in [0.15, 0.2) is 0 Å². The Hall–Kier alpha value is -2.87. The predicted molar refractivity (Wildman–Crippen MR) is 107 cm³/mol. The summed E-state index contributed by atoms with van der Waals surface area (Å²) in [5.74, 6) is -0.0258. The fourth-order valence-corrected chi connectivity index (χ4v) is 4.12. The van der Waals surface area contributed by atoms with Crippen LogP contribution < -0.4 is 5.73 Å². The maximum absolute atomic E-state index is 14.7. The van der Waals surface area contributed by atoms with Gasteiger partial charge in [0.05, 0.1) is 0 Å². The minimum absolute atomic E-state index is 0.143. The highest BCUT2D eigenvalue weighted by molar-refractivity contribution is 5.89. The third-order valence-electron chi connectivity index (χ3n) is 5.77. The van der Waals surface area contributed by atoms with Crippen LogP contribution in [0.4, 0.5) is 10.1 Å². The van der Waals surface area contributed by atoms with Crippen LogP contribution in [0.25, 0.3) is 5.57 Å². The predicted octanol–water partition coefficient (Wildman–Crippen LogP) is 5.91. The minimum Gasteiger partial charge on any atom is -0.398 e. The first-order valence-corrected chi connectivity index (χ1v) is 8.94. The molecule has 130 valence electrons. The second kappa shape index (κ2) is 6.14. The molecule has 2 unspecified atom stereocenters. The molecule has 0 saturated heterocycles. The summed E-state index contributed by atoms with van der Waals surface area (Å²) in [5, 5.41) is 0. The van der Waals surface area contributed by atoms with E-state index in [0.29, 0.717) is 5.56 Å². The molecule has 0 amide bonds. The summed E-state index contributed by atoms with van der Waals surface area (Å²) in [6.45, 7) is 4.29. The number of benzene rings is 3. The van der Waals surface area contributed by atoms with E-state index in [0.717, 1.165) is 16.8 Å². The van der Waals surface area contributed by atoms with E-state index in [2.05, 4.69) is 32.1 Å². The van der Waals surface area contributed by atoms with Crippen molar-refractivity contribution in [2.45, 2.75) is 25.2 Å². The Labute approximate surface area is 154 Å². The van der Waals surface area contributed by atoms with Crippen molar-refractivity contribution in [2.24, 2.45) is 0 Å². The Kier molecular flexibility index (Phi) is 3.91. The van der Waals surface area contributed by atoms with Crippen LogP contribution in [0.1, 0.15) is 42.0 Å². The molecular weight excluding hydrogens is 321 g/mol. The standard InChI is InChI=1S/C24H22FN/c1-16-17-9-3-4-10-18(17)20(19-11-5-8-14-23(19)26)15-24(16,2)21-12-6-7-13-22(21)25/h3-16H,26H2,1-2H3. The third-order valence-corrected chi connectivity index (χ3v) is 5.77. The number of fused-ring (bicyclic) bond motifs is 1. The van der Waals surface area contributed by atoms with E-state index < -0.39 is 5.41 Å². The lowest BCUT2D eigenvalue weighted by atomic mass is 9.63. The number of allylic oxidation sites excluding steroid dienone is 1. The largest absolute Gasteiger partial charge is 0.398 e. The van der Waals surface area contributed by atoms with Gasteiger partial charge in [-0.2, -0.15) is 0 Å². The van der Waals surface area contributed by atoms with Gasteiger partial charge in [-0.15, -0.1) is 0 Å². The number of hydrogen-bond acceptors (Lipinski definition) is 1. The SMILES string of the molecule is CC1c2ccccc2C(c2ccccc2N)=CC1(C)c1ccccc1F. The second-order valence-electron chi connectivity index (χ2n) is 7.22. The summed E-state index contributed by atoms with van der Waals surface area (Å²) in [5.41, 5.74) is 11.7. The van der Waals surface area contributed by atoms with Gasteiger partial charge in [0.25, 0.3) is 0 Å². The van der Waals surface area contributed by atoms with Crippen molar-refractivity contribution in [1.29, 1.82) is 0 Å². The van der Waals surface area contributed by atoms with Crippen LogP contribution in [0.15, 0.2) is 78.9 Å². The number of hydrogen-bond donors (Lipinski definition) is 1. The zero-order valence-corrected chi connectivity index (χ0v) is 15.0. The van der Waals surface area contributed by atoms with Crippen molar-refractivity contribution in [3.63, 3.8) is 0 Å². The minimum atomic E-state index is -0.461. The van der Waals surface area contributed by atoms with E-state index in [-0.39, 0.29) is 11.7 Å². The van der Waals surface area contributed by atoms with Gasteiger partial charge in [0, 0.05) is 16.7 Å².